The van der Waals surface area contributed by atoms with Crippen molar-refractivity contribution in [2.75, 3.05) is 11.4 Å². The van der Waals surface area contributed by atoms with E-state index in [1.54, 1.807) is 17.0 Å². The molecule has 0 fully saturated rings. The number of fused-ring (bicyclic) bond motifs is 1. The predicted molar refractivity (Wildman–Crippen MR) is 86.5 cm³/mol. The molecule has 0 radical (unpaired) electrons. The number of aryl methyl sites for hydroxylation is 1. The van der Waals surface area contributed by atoms with Gasteiger partial charge in [0.1, 0.15) is 5.82 Å². The third-order valence-corrected chi connectivity index (χ3v) is 4.43. The van der Waals surface area contributed by atoms with E-state index in [0.717, 1.165) is 18.5 Å². The molecule has 0 heterocycles. The molecule has 1 atom stereocenters. The van der Waals surface area contributed by atoms with Crippen LogP contribution >= 0.6 is 0 Å². The van der Waals surface area contributed by atoms with Gasteiger partial charge in [0.2, 0.25) is 5.91 Å². The van der Waals surface area contributed by atoms with Gasteiger partial charge in [-0.25, -0.2) is 4.39 Å². The molecule has 1 unspecified atom stereocenters. The van der Waals surface area contributed by atoms with Gasteiger partial charge in [0.15, 0.2) is 0 Å². The second kappa shape index (κ2) is 6.30. The molecule has 3 rings (SSSR count). The lowest BCUT2D eigenvalue weighted by atomic mass is 9.97. The number of amides is 1. The Morgan fingerprint density at radius 1 is 1.18 bits per heavy atom. The van der Waals surface area contributed by atoms with E-state index in [-0.39, 0.29) is 11.7 Å². The summed E-state index contributed by atoms with van der Waals surface area (Å²) in [7, 11) is 0. The molecule has 1 amide bonds. The zero-order chi connectivity index (χ0) is 15.5. The summed E-state index contributed by atoms with van der Waals surface area (Å²) in [5, 5.41) is 0. The monoisotopic (exact) mass is 297 g/mol. The van der Waals surface area contributed by atoms with E-state index < -0.39 is 0 Å². The Hall–Kier alpha value is -2.16. The lowest BCUT2D eigenvalue weighted by molar-refractivity contribution is -0.118. The van der Waals surface area contributed by atoms with Crippen molar-refractivity contribution < 1.29 is 9.18 Å². The number of anilines is 1. The highest BCUT2D eigenvalue weighted by Crippen LogP contribution is 2.35. The van der Waals surface area contributed by atoms with Crippen LogP contribution in [0.4, 0.5) is 10.1 Å². The van der Waals surface area contributed by atoms with Crippen LogP contribution in [-0.2, 0) is 11.2 Å². The molecular formula is C19H20FNO. The topological polar surface area (TPSA) is 20.3 Å². The maximum Gasteiger partial charge on any atom is 0.227 e. The van der Waals surface area contributed by atoms with Crippen molar-refractivity contribution in [1.82, 2.24) is 0 Å². The Morgan fingerprint density at radius 3 is 2.64 bits per heavy atom. The number of hydrogen-bond acceptors (Lipinski definition) is 1. The Morgan fingerprint density at radius 2 is 1.91 bits per heavy atom. The summed E-state index contributed by atoms with van der Waals surface area (Å²) in [6, 6.07) is 14.5. The maximum atomic E-state index is 13.0. The Bertz CT molecular complexity index is 665. The number of carbonyl (C=O) groups excluding carboxylic acids is 1. The molecule has 1 aliphatic carbocycles. The zero-order valence-electron chi connectivity index (χ0n) is 12.8. The molecule has 22 heavy (non-hydrogen) atoms. The van der Waals surface area contributed by atoms with Crippen LogP contribution in [0.15, 0.2) is 48.5 Å². The number of hydrogen-bond donors (Lipinski definition) is 0. The summed E-state index contributed by atoms with van der Waals surface area (Å²) in [5.74, 6) is 0.131. The average molecular weight is 297 g/mol. The Kier molecular flexibility index (Phi) is 4.23. The standard InChI is InChI=1S/C19H20FNO/c1-2-21(17-11-9-16(20)10-12-17)19(22)13-15-8-7-14-5-3-4-6-18(14)15/h3-6,9-12,15H,2,7-8,13H2,1H3. The van der Waals surface area contributed by atoms with Gasteiger partial charge in [-0.1, -0.05) is 24.3 Å². The average Bonchev–Trinajstić information content (AvgIpc) is 2.93. The molecule has 0 bridgehead atoms. The van der Waals surface area contributed by atoms with Gasteiger partial charge in [-0.15, -0.1) is 0 Å². The van der Waals surface area contributed by atoms with Crippen LogP contribution in [0, 0.1) is 5.82 Å². The molecule has 114 valence electrons. The molecule has 3 heteroatoms. The van der Waals surface area contributed by atoms with Crippen LogP contribution in [0.5, 0.6) is 0 Å². The van der Waals surface area contributed by atoms with Crippen LogP contribution in [0.3, 0.4) is 0 Å². The van der Waals surface area contributed by atoms with Gasteiger partial charge in [0, 0.05) is 18.7 Å². The minimum Gasteiger partial charge on any atom is -0.313 e. The van der Waals surface area contributed by atoms with Crippen LogP contribution in [0.2, 0.25) is 0 Å². The maximum absolute atomic E-state index is 13.0. The summed E-state index contributed by atoms with van der Waals surface area (Å²) < 4.78 is 13.0. The summed E-state index contributed by atoms with van der Waals surface area (Å²) in [6.45, 7) is 2.54. The molecule has 0 spiro atoms. The first-order chi connectivity index (χ1) is 10.7. The Labute approximate surface area is 130 Å². The zero-order valence-corrected chi connectivity index (χ0v) is 12.8. The van der Waals surface area contributed by atoms with E-state index in [1.807, 2.05) is 13.0 Å². The minimum atomic E-state index is -0.281. The van der Waals surface area contributed by atoms with E-state index in [4.69, 9.17) is 0 Å². The SMILES string of the molecule is CCN(C(=O)CC1CCc2ccccc21)c1ccc(F)cc1. The van der Waals surface area contributed by atoms with E-state index in [2.05, 4.69) is 18.2 Å². The molecule has 0 aromatic heterocycles. The van der Waals surface area contributed by atoms with Crippen molar-refractivity contribution in [3.63, 3.8) is 0 Å². The lowest BCUT2D eigenvalue weighted by Crippen LogP contribution is -2.31. The molecule has 2 aromatic rings. The number of carbonyl (C=O) groups is 1. The Balaban J connectivity index is 1.75. The fourth-order valence-corrected chi connectivity index (χ4v) is 3.30. The van der Waals surface area contributed by atoms with E-state index in [0.29, 0.717) is 18.9 Å². The lowest BCUT2D eigenvalue weighted by Gasteiger charge is -2.23. The molecule has 2 nitrogen and oxygen atoms in total. The second-order valence-corrected chi connectivity index (χ2v) is 5.75. The minimum absolute atomic E-state index is 0.107. The molecule has 0 aliphatic heterocycles. The van der Waals surface area contributed by atoms with Gasteiger partial charge < -0.3 is 4.90 Å². The van der Waals surface area contributed by atoms with Gasteiger partial charge >= 0.3 is 0 Å². The largest absolute Gasteiger partial charge is 0.313 e. The number of rotatable bonds is 4. The molecule has 0 N–H and O–H groups in total. The molecule has 0 saturated heterocycles. The van der Waals surface area contributed by atoms with Crippen molar-refractivity contribution in [3.05, 3.63) is 65.5 Å². The fourth-order valence-electron chi connectivity index (χ4n) is 3.30. The fraction of sp³-hybridized carbons (Fsp3) is 0.316. The number of halogens is 1. The molecular weight excluding hydrogens is 277 g/mol. The highest BCUT2D eigenvalue weighted by molar-refractivity contribution is 5.93. The van der Waals surface area contributed by atoms with Crippen LogP contribution in [-0.4, -0.2) is 12.5 Å². The van der Waals surface area contributed by atoms with Crippen molar-refractivity contribution in [3.8, 4) is 0 Å². The quantitative estimate of drug-likeness (QED) is 0.824. The van der Waals surface area contributed by atoms with Crippen molar-refractivity contribution >= 4 is 11.6 Å². The smallest absolute Gasteiger partial charge is 0.227 e. The molecule has 2 aromatic carbocycles. The molecule has 0 saturated carbocycles. The number of nitrogens with zero attached hydrogens (tertiary/aromatic N) is 1. The van der Waals surface area contributed by atoms with Gasteiger partial charge in [0.05, 0.1) is 0 Å². The van der Waals surface area contributed by atoms with Crippen LogP contribution in [0.25, 0.3) is 0 Å². The first-order valence-corrected chi connectivity index (χ1v) is 7.82. The van der Waals surface area contributed by atoms with Gasteiger partial charge in [-0.3, -0.25) is 4.79 Å². The normalized spacial score (nSPS) is 16.4. The van der Waals surface area contributed by atoms with Gasteiger partial charge in [-0.2, -0.15) is 0 Å². The summed E-state index contributed by atoms with van der Waals surface area (Å²) in [5.41, 5.74) is 3.44. The first-order valence-electron chi connectivity index (χ1n) is 7.82. The van der Waals surface area contributed by atoms with Crippen molar-refractivity contribution in [1.29, 1.82) is 0 Å². The van der Waals surface area contributed by atoms with Gasteiger partial charge in [-0.05, 0) is 61.1 Å². The van der Waals surface area contributed by atoms with Crippen molar-refractivity contribution in [2.24, 2.45) is 0 Å². The van der Waals surface area contributed by atoms with Crippen LogP contribution in [0.1, 0.15) is 36.8 Å². The van der Waals surface area contributed by atoms with Gasteiger partial charge in [0.25, 0.3) is 0 Å². The van der Waals surface area contributed by atoms with E-state index in [1.165, 1.54) is 23.3 Å². The highest BCUT2D eigenvalue weighted by Gasteiger charge is 2.26. The summed E-state index contributed by atoms with van der Waals surface area (Å²) in [6.07, 6.45) is 2.60. The number of benzene rings is 2. The second-order valence-electron chi connectivity index (χ2n) is 5.75. The summed E-state index contributed by atoms with van der Waals surface area (Å²) in [4.78, 5) is 14.4. The third kappa shape index (κ3) is 2.89. The predicted octanol–water partition coefficient (Wildman–Crippen LogP) is 4.30. The van der Waals surface area contributed by atoms with E-state index in [9.17, 15) is 9.18 Å². The van der Waals surface area contributed by atoms with Crippen LogP contribution < -0.4 is 4.90 Å². The first kappa shape index (κ1) is 14.8. The summed E-state index contributed by atoms with van der Waals surface area (Å²) >= 11 is 0. The third-order valence-electron chi connectivity index (χ3n) is 4.43. The highest BCUT2D eigenvalue weighted by atomic mass is 19.1. The molecule has 1 aliphatic rings. The van der Waals surface area contributed by atoms with E-state index >= 15 is 0 Å². The van der Waals surface area contributed by atoms with Crippen molar-refractivity contribution in [2.45, 2.75) is 32.1 Å².